The van der Waals surface area contributed by atoms with Crippen LogP contribution in [0.5, 0.6) is 5.75 Å². The Balaban J connectivity index is 1.68. The molecule has 1 aliphatic rings. The van der Waals surface area contributed by atoms with E-state index in [-0.39, 0.29) is 6.04 Å². The Hall–Kier alpha value is -2.29. The molecule has 1 aromatic carbocycles. The molecule has 2 aromatic heterocycles. The average Bonchev–Trinajstić information content (AvgIpc) is 3.30. The molecule has 1 aliphatic heterocycles. The standard InChI is InChI=1S/C19H23N5O2S/c1-13-19(14(2)24(21-13)15-5-4-6-16(9-15)25-3)18-12-26-8-7-23(18)11-17-10-20-22-27-17/h4-6,9-10,18H,7-8,11-12H2,1-3H3. The van der Waals surface area contributed by atoms with Gasteiger partial charge in [0, 0.05) is 30.4 Å². The van der Waals surface area contributed by atoms with Crippen LogP contribution in [0, 0.1) is 13.8 Å². The minimum Gasteiger partial charge on any atom is -0.497 e. The molecule has 0 bridgehead atoms. The second kappa shape index (κ2) is 7.75. The Morgan fingerprint density at radius 3 is 3.00 bits per heavy atom. The van der Waals surface area contributed by atoms with Gasteiger partial charge in [0.05, 0.1) is 48.8 Å². The minimum absolute atomic E-state index is 0.167. The van der Waals surface area contributed by atoms with E-state index in [0.717, 1.165) is 47.4 Å². The van der Waals surface area contributed by atoms with E-state index in [2.05, 4.69) is 28.3 Å². The first kappa shape index (κ1) is 18.1. The monoisotopic (exact) mass is 385 g/mol. The fourth-order valence-electron chi connectivity index (χ4n) is 3.68. The smallest absolute Gasteiger partial charge is 0.121 e. The molecule has 4 rings (SSSR count). The van der Waals surface area contributed by atoms with Crippen molar-refractivity contribution in [3.05, 3.63) is 52.3 Å². The highest BCUT2D eigenvalue weighted by molar-refractivity contribution is 7.05. The normalized spacial score (nSPS) is 18.0. The molecule has 1 unspecified atom stereocenters. The van der Waals surface area contributed by atoms with Crippen molar-refractivity contribution >= 4 is 11.5 Å². The maximum atomic E-state index is 5.82. The van der Waals surface area contributed by atoms with Crippen LogP contribution in [0.4, 0.5) is 0 Å². The summed E-state index contributed by atoms with van der Waals surface area (Å²) in [6.45, 7) is 7.30. The summed E-state index contributed by atoms with van der Waals surface area (Å²) in [5.41, 5.74) is 4.38. The molecule has 142 valence electrons. The van der Waals surface area contributed by atoms with Crippen LogP contribution < -0.4 is 4.74 Å². The number of rotatable bonds is 5. The highest BCUT2D eigenvalue weighted by Gasteiger charge is 2.30. The molecule has 27 heavy (non-hydrogen) atoms. The predicted molar refractivity (Wildman–Crippen MR) is 103 cm³/mol. The van der Waals surface area contributed by atoms with E-state index in [0.29, 0.717) is 6.61 Å². The van der Waals surface area contributed by atoms with Gasteiger partial charge in [0.2, 0.25) is 0 Å². The lowest BCUT2D eigenvalue weighted by Gasteiger charge is -2.35. The zero-order valence-electron chi connectivity index (χ0n) is 15.8. The third-order valence-electron chi connectivity index (χ3n) is 4.98. The van der Waals surface area contributed by atoms with Gasteiger partial charge in [-0.1, -0.05) is 10.6 Å². The van der Waals surface area contributed by atoms with Gasteiger partial charge in [-0.3, -0.25) is 4.90 Å². The zero-order chi connectivity index (χ0) is 18.8. The molecule has 8 heteroatoms. The summed E-state index contributed by atoms with van der Waals surface area (Å²) in [4.78, 5) is 3.60. The molecule has 0 radical (unpaired) electrons. The van der Waals surface area contributed by atoms with Gasteiger partial charge in [-0.05, 0) is 37.5 Å². The first-order valence-electron chi connectivity index (χ1n) is 8.96. The van der Waals surface area contributed by atoms with Crippen molar-refractivity contribution in [2.75, 3.05) is 26.9 Å². The Morgan fingerprint density at radius 2 is 2.22 bits per heavy atom. The zero-order valence-corrected chi connectivity index (χ0v) is 16.6. The quantitative estimate of drug-likeness (QED) is 0.673. The fraction of sp³-hybridized carbons (Fsp3) is 0.421. The van der Waals surface area contributed by atoms with Crippen molar-refractivity contribution in [3.8, 4) is 11.4 Å². The highest BCUT2D eigenvalue weighted by Crippen LogP contribution is 2.32. The lowest BCUT2D eigenvalue weighted by molar-refractivity contribution is -0.0127. The molecule has 1 saturated heterocycles. The Bertz CT molecular complexity index is 909. The molecule has 0 N–H and O–H groups in total. The van der Waals surface area contributed by atoms with Crippen LogP contribution in [0.1, 0.15) is 27.9 Å². The molecule has 1 fully saturated rings. The van der Waals surface area contributed by atoms with Crippen LogP contribution in [-0.4, -0.2) is 51.1 Å². The summed E-state index contributed by atoms with van der Waals surface area (Å²) >= 11 is 1.45. The molecular weight excluding hydrogens is 362 g/mol. The molecule has 0 saturated carbocycles. The van der Waals surface area contributed by atoms with Gasteiger partial charge < -0.3 is 9.47 Å². The van der Waals surface area contributed by atoms with Crippen LogP contribution >= 0.6 is 11.5 Å². The average molecular weight is 385 g/mol. The van der Waals surface area contributed by atoms with Crippen molar-refractivity contribution < 1.29 is 9.47 Å². The third-order valence-corrected chi connectivity index (χ3v) is 5.63. The molecular formula is C19H23N5O2S. The van der Waals surface area contributed by atoms with Gasteiger partial charge >= 0.3 is 0 Å². The topological polar surface area (TPSA) is 65.3 Å². The van der Waals surface area contributed by atoms with E-state index < -0.39 is 0 Å². The summed E-state index contributed by atoms with van der Waals surface area (Å²) in [5, 5.41) is 8.78. The van der Waals surface area contributed by atoms with Crippen LogP contribution in [-0.2, 0) is 11.3 Å². The summed E-state index contributed by atoms with van der Waals surface area (Å²) in [7, 11) is 1.68. The minimum atomic E-state index is 0.167. The predicted octanol–water partition coefficient (Wildman–Crippen LogP) is 2.92. The Morgan fingerprint density at radius 1 is 1.33 bits per heavy atom. The van der Waals surface area contributed by atoms with Gasteiger partial charge in [-0.2, -0.15) is 5.10 Å². The van der Waals surface area contributed by atoms with Crippen molar-refractivity contribution in [2.45, 2.75) is 26.4 Å². The fourth-order valence-corrected chi connectivity index (χ4v) is 4.20. The number of aromatic nitrogens is 4. The molecule has 3 aromatic rings. The Labute approximate surface area is 162 Å². The number of morpholine rings is 1. The maximum Gasteiger partial charge on any atom is 0.121 e. The van der Waals surface area contributed by atoms with Gasteiger partial charge in [-0.25, -0.2) is 4.68 Å². The lowest BCUT2D eigenvalue weighted by Crippen LogP contribution is -2.39. The van der Waals surface area contributed by atoms with E-state index in [4.69, 9.17) is 14.6 Å². The number of ether oxygens (including phenoxy) is 2. The number of hydrogen-bond acceptors (Lipinski definition) is 7. The summed E-state index contributed by atoms with van der Waals surface area (Å²) in [6, 6.07) is 8.14. The molecule has 7 nitrogen and oxygen atoms in total. The van der Waals surface area contributed by atoms with Crippen molar-refractivity contribution in [1.82, 2.24) is 24.3 Å². The highest BCUT2D eigenvalue weighted by atomic mass is 32.1. The number of nitrogens with zero attached hydrogens (tertiary/aromatic N) is 5. The largest absolute Gasteiger partial charge is 0.497 e. The van der Waals surface area contributed by atoms with E-state index in [1.54, 1.807) is 7.11 Å². The SMILES string of the molecule is COc1cccc(-n2nc(C)c(C3COCCN3Cc3cnns3)c2C)c1. The van der Waals surface area contributed by atoms with Crippen LogP contribution in [0.15, 0.2) is 30.5 Å². The summed E-state index contributed by atoms with van der Waals surface area (Å²) in [6.07, 6.45) is 1.84. The first-order chi connectivity index (χ1) is 13.2. The van der Waals surface area contributed by atoms with Gasteiger partial charge in [0.25, 0.3) is 0 Å². The Kier molecular flexibility index (Phi) is 5.20. The second-order valence-corrected chi connectivity index (χ2v) is 7.51. The van der Waals surface area contributed by atoms with Crippen LogP contribution in [0.3, 0.4) is 0 Å². The maximum absolute atomic E-state index is 5.82. The molecule has 0 aliphatic carbocycles. The first-order valence-corrected chi connectivity index (χ1v) is 9.73. The van der Waals surface area contributed by atoms with Gasteiger partial charge in [0.15, 0.2) is 0 Å². The van der Waals surface area contributed by atoms with E-state index >= 15 is 0 Å². The number of benzene rings is 1. The van der Waals surface area contributed by atoms with Gasteiger partial charge in [0.1, 0.15) is 5.75 Å². The van der Waals surface area contributed by atoms with E-state index in [9.17, 15) is 0 Å². The second-order valence-electron chi connectivity index (χ2n) is 6.64. The third kappa shape index (κ3) is 3.60. The number of methoxy groups -OCH3 is 1. The van der Waals surface area contributed by atoms with Crippen LogP contribution in [0.2, 0.25) is 0 Å². The number of hydrogen-bond donors (Lipinski definition) is 0. The molecule has 0 amide bonds. The van der Waals surface area contributed by atoms with Gasteiger partial charge in [-0.15, -0.1) is 5.10 Å². The van der Waals surface area contributed by atoms with Crippen LogP contribution in [0.25, 0.3) is 5.69 Å². The molecule has 1 atom stereocenters. The lowest BCUT2D eigenvalue weighted by atomic mass is 10.0. The summed E-state index contributed by atoms with van der Waals surface area (Å²) < 4.78 is 17.2. The van der Waals surface area contributed by atoms with E-state index in [1.807, 2.05) is 35.1 Å². The number of aryl methyl sites for hydroxylation is 1. The molecule has 0 spiro atoms. The van der Waals surface area contributed by atoms with Crippen molar-refractivity contribution in [2.24, 2.45) is 0 Å². The molecule has 3 heterocycles. The van der Waals surface area contributed by atoms with Crippen molar-refractivity contribution in [3.63, 3.8) is 0 Å². The van der Waals surface area contributed by atoms with E-state index in [1.165, 1.54) is 17.1 Å². The van der Waals surface area contributed by atoms with Crippen molar-refractivity contribution in [1.29, 1.82) is 0 Å². The summed E-state index contributed by atoms with van der Waals surface area (Å²) in [5.74, 6) is 0.821.